The molecule has 0 bridgehead atoms. The second-order valence-corrected chi connectivity index (χ2v) is 9.11. The Morgan fingerprint density at radius 1 is 1.13 bits per heavy atom. The summed E-state index contributed by atoms with van der Waals surface area (Å²) in [7, 11) is 5.68. The molecule has 0 unspecified atom stereocenters. The summed E-state index contributed by atoms with van der Waals surface area (Å²) in [5.41, 5.74) is 4.12. The van der Waals surface area contributed by atoms with E-state index in [1.807, 2.05) is 20.2 Å². The number of thiazole rings is 1. The third-order valence-electron chi connectivity index (χ3n) is 5.11. The van der Waals surface area contributed by atoms with Crippen LogP contribution in [-0.4, -0.2) is 50.1 Å². The number of carbonyl (C=O) groups excluding carboxylic acids is 1. The van der Waals surface area contributed by atoms with Crippen LogP contribution >= 0.6 is 35.3 Å². The Morgan fingerprint density at radius 2 is 1.87 bits per heavy atom. The van der Waals surface area contributed by atoms with Crippen molar-refractivity contribution in [1.29, 1.82) is 0 Å². The molecule has 3 aromatic rings. The van der Waals surface area contributed by atoms with Gasteiger partial charge in [-0.05, 0) is 69.7 Å². The highest BCUT2D eigenvalue weighted by molar-refractivity contribution is 7.23. The lowest BCUT2D eigenvalue weighted by atomic mass is 10.0. The molecule has 0 saturated heterocycles. The smallest absolute Gasteiger partial charge is 0.233 e. The van der Waals surface area contributed by atoms with Gasteiger partial charge in [0, 0.05) is 6.54 Å². The molecule has 1 aromatic heterocycles. The molecular weight excluding hydrogens is 453 g/mol. The van der Waals surface area contributed by atoms with Crippen molar-refractivity contribution in [2.75, 3.05) is 39.2 Å². The van der Waals surface area contributed by atoms with Crippen molar-refractivity contribution in [3.63, 3.8) is 0 Å². The van der Waals surface area contributed by atoms with Gasteiger partial charge in [-0.25, -0.2) is 4.98 Å². The molecule has 1 heterocycles. The van der Waals surface area contributed by atoms with Gasteiger partial charge < -0.3 is 9.64 Å². The summed E-state index contributed by atoms with van der Waals surface area (Å²) in [6.45, 7) is 5.64. The van der Waals surface area contributed by atoms with Crippen LogP contribution in [0.5, 0.6) is 5.75 Å². The third-order valence-corrected chi connectivity index (χ3v) is 6.65. The Balaban J connectivity index is 0.00000341. The van der Waals surface area contributed by atoms with E-state index in [0.717, 1.165) is 23.2 Å². The number of rotatable bonds is 8. The number of fused-ring (bicyclic) bond motifs is 1. The van der Waals surface area contributed by atoms with Crippen molar-refractivity contribution in [2.45, 2.75) is 26.7 Å². The van der Waals surface area contributed by atoms with Crippen molar-refractivity contribution in [3.8, 4) is 5.75 Å². The molecule has 0 atom stereocenters. The van der Waals surface area contributed by atoms with E-state index in [2.05, 4.69) is 30.9 Å². The number of halogens is 2. The predicted octanol–water partition coefficient (Wildman–Crippen LogP) is 5.52. The molecule has 31 heavy (non-hydrogen) atoms. The van der Waals surface area contributed by atoms with Crippen LogP contribution in [0.25, 0.3) is 10.2 Å². The molecule has 0 aliphatic rings. The molecule has 0 aliphatic heterocycles. The van der Waals surface area contributed by atoms with Crippen molar-refractivity contribution in [2.24, 2.45) is 0 Å². The van der Waals surface area contributed by atoms with Gasteiger partial charge in [0.2, 0.25) is 5.91 Å². The largest absolute Gasteiger partial charge is 0.494 e. The van der Waals surface area contributed by atoms with Crippen LogP contribution in [-0.2, 0) is 11.2 Å². The number of nitrogens with zero attached hydrogens (tertiary/aromatic N) is 3. The Kier molecular flexibility index (Phi) is 9.13. The predicted molar refractivity (Wildman–Crippen MR) is 134 cm³/mol. The lowest BCUT2D eigenvalue weighted by molar-refractivity contribution is -0.118. The van der Waals surface area contributed by atoms with Crippen molar-refractivity contribution in [1.82, 2.24) is 9.88 Å². The SMILES string of the molecule is COc1ccc(Cl)c2sc(N(CCCN(C)C)C(=O)Cc3ccc(C)c(C)c3)nc12.Cl. The first-order chi connectivity index (χ1) is 14.3. The first-order valence-corrected chi connectivity index (χ1v) is 11.1. The molecule has 2 aromatic carbocycles. The highest BCUT2D eigenvalue weighted by atomic mass is 35.5. The summed E-state index contributed by atoms with van der Waals surface area (Å²) >= 11 is 7.83. The van der Waals surface area contributed by atoms with E-state index in [0.29, 0.717) is 34.4 Å². The number of ether oxygens (including phenoxy) is 1. The molecule has 0 aliphatic carbocycles. The van der Waals surface area contributed by atoms with Crippen LogP contribution in [0.3, 0.4) is 0 Å². The van der Waals surface area contributed by atoms with Crippen LogP contribution in [0.15, 0.2) is 30.3 Å². The Labute approximate surface area is 199 Å². The maximum Gasteiger partial charge on any atom is 0.233 e. The fourth-order valence-electron chi connectivity index (χ4n) is 3.28. The first kappa shape index (κ1) is 25.4. The zero-order valence-corrected chi connectivity index (χ0v) is 21.0. The van der Waals surface area contributed by atoms with Crippen molar-refractivity contribution >= 4 is 56.6 Å². The topological polar surface area (TPSA) is 45.7 Å². The van der Waals surface area contributed by atoms with Gasteiger partial charge >= 0.3 is 0 Å². The molecule has 0 fully saturated rings. The van der Waals surface area contributed by atoms with Crippen LogP contribution < -0.4 is 9.64 Å². The van der Waals surface area contributed by atoms with E-state index < -0.39 is 0 Å². The highest BCUT2D eigenvalue weighted by Gasteiger charge is 2.22. The standard InChI is InChI=1S/C23H28ClN3O2S.ClH/c1-15-7-8-17(13-16(15)2)14-20(28)27(12-6-11-26(3)4)23-25-21-19(29-5)10-9-18(24)22(21)30-23;/h7-10,13H,6,11-12,14H2,1-5H3;1H. The summed E-state index contributed by atoms with van der Waals surface area (Å²) in [6, 6.07) is 9.79. The van der Waals surface area contributed by atoms with Crippen LogP contribution in [0.2, 0.25) is 5.02 Å². The average Bonchev–Trinajstić information content (AvgIpc) is 3.14. The van der Waals surface area contributed by atoms with Gasteiger partial charge in [-0.1, -0.05) is 41.1 Å². The zero-order chi connectivity index (χ0) is 21.8. The molecule has 168 valence electrons. The van der Waals surface area contributed by atoms with Crippen molar-refractivity contribution < 1.29 is 9.53 Å². The van der Waals surface area contributed by atoms with Gasteiger partial charge in [-0.3, -0.25) is 9.69 Å². The second-order valence-electron chi connectivity index (χ2n) is 7.72. The number of aromatic nitrogens is 1. The maximum atomic E-state index is 13.3. The number of hydrogen-bond acceptors (Lipinski definition) is 5. The molecule has 0 radical (unpaired) electrons. The zero-order valence-electron chi connectivity index (χ0n) is 18.6. The van der Waals surface area contributed by atoms with Crippen molar-refractivity contribution in [3.05, 3.63) is 52.0 Å². The Bertz CT molecular complexity index is 1050. The summed E-state index contributed by atoms with van der Waals surface area (Å²) in [6.07, 6.45) is 1.19. The lowest BCUT2D eigenvalue weighted by Gasteiger charge is -2.21. The Morgan fingerprint density at radius 3 is 2.52 bits per heavy atom. The van der Waals surface area contributed by atoms with Gasteiger partial charge in [0.1, 0.15) is 11.3 Å². The van der Waals surface area contributed by atoms with Gasteiger partial charge in [-0.15, -0.1) is 12.4 Å². The van der Waals surface area contributed by atoms with E-state index in [-0.39, 0.29) is 18.3 Å². The summed E-state index contributed by atoms with van der Waals surface area (Å²) < 4.78 is 6.28. The number of amides is 1. The molecule has 0 saturated carbocycles. The quantitative estimate of drug-likeness (QED) is 0.424. The van der Waals surface area contributed by atoms with E-state index in [4.69, 9.17) is 21.3 Å². The fourth-order valence-corrected chi connectivity index (χ4v) is 4.58. The van der Waals surface area contributed by atoms with E-state index >= 15 is 0 Å². The highest BCUT2D eigenvalue weighted by Crippen LogP contribution is 2.38. The number of benzene rings is 2. The van der Waals surface area contributed by atoms with Gasteiger partial charge in [0.25, 0.3) is 0 Å². The fraction of sp³-hybridized carbons (Fsp3) is 0.391. The molecule has 3 rings (SSSR count). The second kappa shape index (κ2) is 11.1. The monoisotopic (exact) mass is 481 g/mol. The number of aryl methyl sites for hydroxylation is 2. The van der Waals surface area contributed by atoms with E-state index in [1.54, 1.807) is 24.1 Å². The minimum Gasteiger partial charge on any atom is -0.494 e. The molecule has 8 heteroatoms. The molecule has 0 spiro atoms. The van der Waals surface area contributed by atoms with Gasteiger partial charge in [-0.2, -0.15) is 0 Å². The number of methoxy groups -OCH3 is 1. The summed E-state index contributed by atoms with van der Waals surface area (Å²) in [5.74, 6) is 0.693. The average molecular weight is 482 g/mol. The summed E-state index contributed by atoms with van der Waals surface area (Å²) in [5, 5.41) is 1.27. The normalized spacial score (nSPS) is 10.9. The minimum absolute atomic E-state index is 0. The number of hydrogen-bond donors (Lipinski definition) is 0. The minimum atomic E-state index is 0. The molecule has 1 amide bonds. The van der Waals surface area contributed by atoms with Gasteiger partial charge in [0.15, 0.2) is 5.13 Å². The number of carbonyl (C=O) groups is 1. The molecule has 5 nitrogen and oxygen atoms in total. The number of anilines is 1. The van der Waals surface area contributed by atoms with Gasteiger partial charge in [0.05, 0.1) is 23.3 Å². The van der Waals surface area contributed by atoms with Crippen LogP contribution in [0.4, 0.5) is 5.13 Å². The Hall–Kier alpha value is -1.86. The van der Waals surface area contributed by atoms with E-state index in [1.165, 1.54) is 22.5 Å². The maximum absolute atomic E-state index is 13.3. The molecular formula is C23H29Cl2N3O2S. The van der Waals surface area contributed by atoms with Crippen LogP contribution in [0.1, 0.15) is 23.1 Å². The molecule has 0 N–H and O–H groups in total. The van der Waals surface area contributed by atoms with E-state index in [9.17, 15) is 4.79 Å². The lowest BCUT2D eigenvalue weighted by Crippen LogP contribution is -2.34. The van der Waals surface area contributed by atoms with Crippen LogP contribution in [0, 0.1) is 13.8 Å². The summed E-state index contributed by atoms with van der Waals surface area (Å²) in [4.78, 5) is 22.0. The third kappa shape index (κ3) is 6.10. The first-order valence-electron chi connectivity index (χ1n) is 9.94.